The molecule has 1 nitrogen and oxygen atoms in total. The van der Waals surface area contributed by atoms with Crippen LogP contribution in [0.25, 0.3) is 0 Å². The summed E-state index contributed by atoms with van der Waals surface area (Å²) in [5, 5.41) is 0. The maximum absolute atomic E-state index is 9.49. The molecule has 0 aliphatic rings. The van der Waals surface area contributed by atoms with Crippen molar-refractivity contribution < 1.29 is 56.9 Å². The summed E-state index contributed by atoms with van der Waals surface area (Å²) < 4.78 is 1.20. The van der Waals surface area contributed by atoms with Gasteiger partial charge >= 0.3 is 53.4 Å². The average Bonchev–Trinajstić information content (AvgIpc) is 1.61. The van der Waals surface area contributed by atoms with E-state index in [0.29, 0.717) is 0 Å². The van der Waals surface area contributed by atoms with Gasteiger partial charge in [-0.25, -0.2) is 0 Å². The van der Waals surface area contributed by atoms with E-state index < -0.39 is 0 Å². The predicted octanol–water partition coefficient (Wildman–Crippen LogP) is 0.389. The Bertz CT molecular complexity index is 109. The van der Waals surface area contributed by atoms with Crippen LogP contribution >= 0.6 is 0 Å². The number of hydrogen-bond donors (Lipinski definition) is 0. The average molecular weight is 354 g/mol. The monoisotopic (exact) mass is 354 g/mol. The van der Waals surface area contributed by atoms with Gasteiger partial charge in [-0.3, -0.25) is 0 Å². The third kappa shape index (κ3) is 10.1. The largest absolute Gasteiger partial charge is 0 e. The Labute approximate surface area is 85.2 Å². The SMILES string of the molecule is C[C](=[W])/C=C\[C-]=O.[Y]. The third-order valence-electron chi connectivity index (χ3n) is 0.386. The van der Waals surface area contributed by atoms with Gasteiger partial charge in [0.25, 0.3) is 0 Å². The molecule has 0 unspecified atom stereocenters. The topological polar surface area (TPSA) is 17.1 Å². The predicted molar refractivity (Wildman–Crippen MR) is 25.5 cm³/mol. The van der Waals surface area contributed by atoms with Crippen LogP contribution in [0.4, 0.5) is 0 Å². The quantitative estimate of drug-likeness (QED) is 0.518. The Hall–Kier alpha value is 1.07. The molecule has 0 heterocycles. The van der Waals surface area contributed by atoms with Crippen molar-refractivity contribution in [2.24, 2.45) is 0 Å². The van der Waals surface area contributed by atoms with Crippen molar-refractivity contribution in [1.29, 1.82) is 0 Å². The van der Waals surface area contributed by atoms with Crippen LogP contribution < -0.4 is 0 Å². The van der Waals surface area contributed by atoms with Crippen molar-refractivity contribution in [3.05, 3.63) is 12.2 Å². The molecule has 0 bridgehead atoms. The van der Waals surface area contributed by atoms with E-state index >= 15 is 0 Å². The Balaban J connectivity index is 0. The molecule has 0 aliphatic carbocycles. The Morgan fingerprint density at radius 2 is 2.25 bits per heavy atom. The van der Waals surface area contributed by atoms with E-state index in [2.05, 4.69) is 0 Å². The van der Waals surface area contributed by atoms with E-state index in [0.717, 1.165) is 0 Å². The van der Waals surface area contributed by atoms with Crippen LogP contribution in [0, 0.1) is 0 Å². The maximum Gasteiger partial charge on any atom is 0 e. The first-order chi connectivity index (χ1) is 3.27. The second-order valence-electron chi connectivity index (χ2n) is 1.06. The van der Waals surface area contributed by atoms with Crippen molar-refractivity contribution in [2.75, 3.05) is 0 Å². The normalized spacial score (nSPS) is 8.12. The molecule has 0 rings (SSSR count). The third-order valence-corrected chi connectivity index (χ3v) is 0.875. The summed E-state index contributed by atoms with van der Waals surface area (Å²) in [5.74, 6) is 0. The van der Waals surface area contributed by atoms with Crippen LogP contribution in [0.2, 0.25) is 0 Å². The smallest absolute Gasteiger partial charge is 0 e. The van der Waals surface area contributed by atoms with Crippen molar-refractivity contribution >= 4 is 10.2 Å². The van der Waals surface area contributed by atoms with E-state index in [1.165, 1.54) is 29.3 Å². The van der Waals surface area contributed by atoms with Crippen LogP contribution in [-0.4, -0.2) is 10.2 Å². The molecule has 3 heteroatoms. The van der Waals surface area contributed by atoms with Gasteiger partial charge < -0.3 is 0 Å². The summed E-state index contributed by atoms with van der Waals surface area (Å²) >= 11 is 1.39. The van der Waals surface area contributed by atoms with Gasteiger partial charge in [-0.05, 0) is 0 Å². The zero-order valence-corrected chi connectivity index (χ0v) is 10.3. The molecule has 1 radical (unpaired) electrons. The molecular weight excluding hydrogens is 349 g/mol. The van der Waals surface area contributed by atoms with Gasteiger partial charge in [0.2, 0.25) is 0 Å². The van der Waals surface area contributed by atoms with E-state index in [-0.39, 0.29) is 32.7 Å². The summed E-state index contributed by atoms with van der Waals surface area (Å²) in [5.41, 5.74) is 0. The van der Waals surface area contributed by atoms with E-state index in [1.807, 2.05) is 6.92 Å². The van der Waals surface area contributed by atoms with Crippen LogP contribution in [0.5, 0.6) is 0 Å². The number of hydrogen-bond acceptors (Lipinski definition) is 1. The summed E-state index contributed by atoms with van der Waals surface area (Å²) in [6.45, 7) is 1.96. The molecule has 0 aromatic heterocycles. The van der Waals surface area contributed by atoms with Gasteiger partial charge in [0.05, 0.1) is 0 Å². The zero-order chi connectivity index (χ0) is 5.70. The number of rotatable bonds is 2. The minimum absolute atomic E-state index is 0. The van der Waals surface area contributed by atoms with Crippen molar-refractivity contribution in [3.8, 4) is 0 Å². The molecule has 0 N–H and O–H groups in total. The van der Waals surface area contributed by atoms with E-state index in [4.69, 9.17) is 0 Å². The maximum atomic E-state index is 9.49. The second-order valence-corrected chi connectivity index (χ2v) is 3.38. The number of allylic oxidation sites excluding steroid dienone is 2. The standard InChI is InChI=1S/C5H5O.W.Y/c1-2-3-4-5-6;;/h3-4H,1H3;;/q-1;;/b4-3-;;. The fourth-order valence-corrected chi connectivity index (χ4v) is 0.396. The van der Waals surface area contributed by atoms with Gasteiger partial charge in [0.1, 0.15) is 0 Å². The van der Waals surface area contributed by atoms with Crippen molar-refractivity contribution in [2.45, 2.75) is 6.92 Å². The Morgan fingerprint density at radius 3 is 2.38 bits per heavy atom. The van der Waals surface area contributed by atoms with Crippen molar-refractivity contribution in [1.82, 2.24) is 0 Å². The molecule has 0 aromatic rings. The minimum Gasteiger partial charge on any atom is 0 e. The second kappa shape index (κ2) is 8.07. The van der Waals surface area contributed by atoms with Gasteiger partial charge in [-0.2, -0.15) is 0 Å². The molecule has 0 spiro atoms. The molecule has 0 aliphatic heterocycles. The summed E-state index contributed by atoms with van der Waals surface area (Å²) in [7, 11) is 0. The fraction of sp³-hybridized carbons (Fsp3) is 0.200. The molecule has 8 heavy (non-hydrogen) atoms. The van der Waals surface area contributed by atoms with Gasteiger partial charge in [-0.1, -0.05) is 0 Å². The Morgan fingerprint density at radius 1 is 1.75 bits per heavy atom. The first-order valence-electron chi connectivity index (χ1n) is 1.82. The minimum atomic E-state index is 0. The molecule has 0 aromatic carbocycles. The van der Waals surface area contributed by atoms with Crippen LogP contribution in [0.1, 0.15) is 6.92 Å². The van der Waals surface area contributed by atoms with Crippen molar-refractivity contribution in [3.63, 3.8) is 0 Å². The summed E-state index contributed by atoms with van der Waals surface area (Å²) in [4.78, 5) is 9.49. The molecule has 0 saturated carbocycles. The fourth-order valence-electron chi connectivity index (χ4n) is 0.151. The summed E-state index contributed by atoms with van der Waals surface area (Å²) in [6, 6.07) is 0. The molecule has 0 atom stereocenters. The van der Waals surface area contributed by atoms with E-state index in [1.54, 1.807) is 12.4 Å². The zero-order valence-electron chi connectivity index (χ0n) is 4.55. The van der Waals surface area contributed by atoms with Gasteiger partial charge in [-0.15, -0.1) is 0 Å². The van der Waals surface area contributed by atoms with Crippen LogP contribution in [0.15, 0.2) is 12.2 Å². The van der Waals surface area contributed by atoms with Crippen LogP contribution in [0.3, 0.4) is 0 Å². The first kappa shape index (κ1) is 11.8. The molecule has 0 fully saturated rings. The molecule has 41 valence electrons. The van der Waals surface area contributed by atoms with Gasteiger partial charge in [0.15, 0.2) is 0 Å². The number of carbonyl (C=O) groups excluding carboxylic acids is 1. The summed E-state index contributed by atoms with van der Waals surface area (Å²) in [6.07, 6.45) is 4.79. The van der Waals surface area contributed by atoms with Gasteiger partial charge in [0, 0.05) is 32.7 Å². The molecular formula is C5H5OWY-. The van der Waals surface area contributed by atoms with E-state index in [9.17, 15) is 4.79 Å². The van der Waals surface area contributed by atoms with Crippen LogP contribution in [-0.2, 0) is 56.9 Å². The Kier molecular flexibility index (Phi) is 11.9. The first-order valence-corrected chi connectivity index (χ1v) is 3.29. The molecule has 0 saturated heterocycles. The molecule has 0 amide bonds.